The van der Waals surface area contributed by atoms with Crippen molar-refractivity contribution in [3.8, 4) is 0 Å². The highest BCUT2D eigenvalue weighted by atomic mass is 79.9. The second-order valence-corrected chi connectivity index (χ2v) is 6.17. The van der Waals surface area contributed by atoms with Crippen LogP contribution in [0.25, 0.3) is 0 Å². The van der Waals surface area contributed by atoms with Crippen LogP contribution >= 0.6 is 27.5 Å². The number of amides is 1. The first-order chi connectivity index (χ1) is 8.89. The highest BCUT2D eigenvalue weighted by molar-refractivity contribution is 9.10. The maximum absolute atomic E-state index is 11.7. The average molecular weight is 348 g/mol. The summed E-state index contributed by atoms with van der Waals surface area (Å²) in [5.41, 5.74) is 5.62. The monoisotopic (exact) mass is 346 g/mol. The fourth-order valence-electron chi connectivity index (χ4n) is 1.87. The molecule has 0 fully saturated rings. The number of benzene rings is 1. The van der Waals surface area contributed by atoms with Crippen molar-refractivity contribution in [1.82, 2.24) is 0 Å². The Morgan fingerprint density at radius 3 is 2.68 bits per heavy atom. The van der Waals surface area contributed by atoms with Crippen molar-refractivity contribution < 1.29 is 4.79 Å². The van der Waals surface area contributed by atoms with E-state index in [1.807, 2.05) is 19.1 Å². The van der Waals surface area contributed by atoms with Gasteiger partial charge in [-0.3, -0.25) is 4.79 Å². The summed E-state index contributed by atoms with van der Waals surface area (Å²) in [6.07, 6.45) is 3.89. The molecule has 1 amide bonds. The summed E-state index contributed by atoms with van der Waals surface area (Å²) in [7, 11) is 0. The molecular formula is C14H20BrClN2O. The first-order valence-corrected chi connectivity index (χ1v) is 7.59. The molecule has 1 unspecified atom stereocenters. The van der Waals surface area contributed by atoms with Gasteiger partial charge in [0.15, 0.2) is 0 Å². The van der Waals surface area contributed by atoms with E-state index in [1.165, 1.54) is 0 Å². The van der Waals surface area contributed by atoms with E-state index >= 15 is 0 Å². The van der Waals surface area contributed by atoms with Gasteiger partial charge in [0.2, 0.25) is 5.91 Å². The van der Waals surface area contributed by atoms with Crippen LogP contribution in [0.1, 0.15) is 39.5 Å². The van der Waals surface area contributed by atoms with Gasteiger partial charge in [-0.1, -0.05) is 37.8 Å². The summed E-state index contributed by atoms with van der Waals surface area (Å²) in [6, 6.07) is 5.47. The van der Waals surface area contributed by atoms with Crippen molar-refractivity contribution in [2.24, 2.45) is 5.73 Å². The van der Waals surface area contributed by atoms with Crippen LogP contribution in [0.5, 0.6) is 0 Å². The number of hydrogen-bond acceptors (Lipinski definition) is 2. The molecule has 0 radical (unpaired) electrons. The largest absolute Gasteiger partial charge is 0.371 e. The van der Waals surface area contributed by atoms with Gasteiger partial charge in [0.25, 0.3) is 0 Å². The van der Waals surface area contributed by atoms with Gasteiger partial charge >= 0.3 is 0 Å². The highest BCUT2D eigenvalue weighted by Gasteiger charge is 2.30. The Balaban J connectivity index is 2.82. The summed E-state index contributed by atoms with van der Waals surface area (Å²) in [6.45, 7) is 3.97. The average Bonchev–Trinajstić information content (AvgIpc) is 2.34. The lowest BCUT2D eigenvalue weighted by Gasteiger charge is -2.29. The molecule has 5 heteroatoms. The van der Waals surface area contributed by atoms with Gasteiger partial charge in [-0.2, -0.15) is 0 Å². The normalized spacial score (nSPS) is 13.9. The summed E-state index contributed by atoms with van der Waals surface area (Å²) in [4.78, 5) is 11.7. The topological polar surface area (TPSA) is 55.1 Å². The van der Waals surface area contributed by atoms with Crippen molar-refractivity contribution in [1.29, 1.82) is 0 Å². The van der Waals surface area contributed by atoms with E-state index in [2.05, 4.69) is 28.2 Å². The van der Waals surface area contributed by atoms with E-state index in [4.69, 9.17) is 17.3 Å². The predicted molar refractivity (Wildman–Crippen MR) is 84.5 cm³/mol. The molecule has 0 aromatic heterocycles. The van der Waals surface area contributed by atoms with Crippen LogP contribution in [0.3, 0.4) is 0 Å². The first-order valence-electron chi connectivity index (χ1n) is 6.42. The molecule has 0 aliphatic carbocycles. The predicted octanol–water partition coefficient (Wildman–Crippen LogP) is 4.34. The van der Waals surface area contributed by atoms with Gasteiger partial charge in [-0.05, 0) is 47.5 Å². The number of carbonyl (C=O) groups excluding carboxylic acids is 1. The Hall–Kier alpha value is -0.740. The summed E-state index contributed by atoms with van der Waals surface area (Å²) in [5.74, 6) is -0.338. The maximum atomic E-state index is 11.7. The standard InChI is InChI=1S/C14H20BrClN2O/c1-3-4-5-8-14(2,13(17)19)18-10-6-7-12(16)11(15)9-10/h6-7,9,18H,3-5,8H2,1-2H3,(H2,17,19). The van der Waals surface area contributed by atoms with Crippen LogP contribution < -0.4 is 11.1 Å². The zero-order valence-electron chi connectivity index (χ0n) is 11.3. The van der Waals surface area contributed by atoms with Crippen LogP contribution in [0.15, 0.2) is 22.7 Å². The minimum Gasteiger partial charge on any atom is -0.371 e. The summed E-state index contributed by atoms with van der Waals surface area (Å²) in [5, 5.41) is 3.85. The lowest BCUT2D eigenvalue weighted by atomic mass is 9.93. The van der Waals surface area contributed by atoms with Crippen molar-refractivity contribution in [3.05, 3.63) is 27.7 Å². The Bertz CT molecular complexity index is 453. The number of halogens is 2. The van der Waals surface area contributed by atoms with E-state index < -0.39 is 5.54 Å². The van der Waals surface area contributed by atoms with E-state index in [9.17, 15) is 4.79 Å². The molecule has 0 aliphatic rings. The molecule has 106 valence electrons. The number of nitrogens with one attached hydrogen (secondary N) is 1. The van der Waals surface area contributed by atoms with Crippen molar-refractivity contribution in [2.75, 3.05) is 5.32 Å². The van der Waals surface area contributed by atoms with Gasteiger partial charge in [-0.25, -0.2) is 0 Å². The van der Waals surface area contributed by atoms with Crippen molar-refractivity contribution in [2.45, 2.75) is 45.1 Å². The number of rotatable bonds is 7. The third-order valence-corrected chi connectivity index (χ3v) is 4.38. The van der Waals surface area contributed by atoms with Gasteiger partial charge in [0.05, 0.1) is 5.02 Å². The molecule has 0 spiro atoms. The number of carbonyl (C=O) groups is 1. The van der Waals surface area contributed by atoms with Crippen LogP contribution in [0.2, 0.25) is 5.02 Å². The van der Waals surface area contributed by atoms with Gasteiger partial charge < -0.3 is 11.1 Å². The fourth-order valence-corrected chi connectivity index (χ4v) is 2.36. The quantitative estimate of drug-likeness (QED) is 0.721. The van der Waals surface area contributed by atoms with E-state index in [0.717, 1.165) is 35.8 Å². The molecule has 0 bridgehead atoms. The Morgan fingerprint density at radius 1 is 1.47 bits per heavy atom. The van der Waals surface area contributed by atoms with E-state index in [0.29, 0.717) is 5.02 Å². The molecule has 19 heavy (non-hydrogen) atoms. The van der Waals surface area contributed by atoms with E-state index in [1.54, 1.807) is 6.07 Å². The maximum Gasteiger partial charge on any atom is 0.242 e. The highest BCUT2D eigenvalue weighted by Crippen LogP contribution is 2.28. The molecule has 3 nitrogen and oxygen atoms in total. The molecule has 0 heterocycles. The molecule has 1 aromatic carbocycles. The SMILES string of the molecule is CCCCCC(C)(Nc1ccc(Cl)c(Br)c1)C(N)=O. The molecule has 1 rings (SSSR count). The number of unbranched alkanes of at least 4 members (excludes halogenated alkanes) is 2. The lowest BCUT2D eigenvalue weighted by Crippen LogP contribution is -2.47. The molecule has 1 aromatic rings. The number of primary amides is 1. The third kappa shape index (κ3) is 4.69. The van der Waals surface area contributed by atoms with Crippen molar-refractivity contribution in [3.63, 3.8) is 0 Å². The zero-order valence-corrected chi connectivity index (χ0v) is 13.6. The van der Waals surface area contributed by atoms with Gasteiger partial charge in [-0.15, -0.1) is 0 Å². The second kappa shape index (κ2) is 7.15. The fraction of sp³-hybridized carbons (Fsp3) is 0.500. The minimum absolute atomic E-state index is 0.338. The molecule has 0 saturated carbocycles. The Labute approximate surface area is 128 Å². The third-order valence-electron chi connectivity index (χ3n) is 3.16. The van der Waals surface area contributed by atoms with Gasteiger partial charge in [0, 0.05) is 10.2 Å². The summed E-state index contributed by atoms with van der Waals surface area (Å²) >= 11 is 9.32. The minimum atomic E-state index is -0.734. The molecule has 1 atom stereocenters. The second-order valence-electron chi connectivity index (χ2n) is 4.91. The van der Waals surface area contributed by atoms with Gasteiger partial charge in [0.1, 0.15) is 5.54 Å². The lowest BCUT2D eigenvalue weighted by molar-refractivity contribution is -0.122. The smallest absolute Gasteiger partial charge is 0.242 e. The number of hydrogen-bond donors (Lipinski definition) is 2. The first kappa shape index (κ1) is 16.3. The Kier molecular flexibility index (Phi) is 6.14. The van der Waals surface area contributed by atoms with Crippen molar-refractivity contribution >= 4 is 39.1 Å². The Morgan fingerprint density at radius 2 is 2.16 bits per heavy atom. The van der Waals surface area contributed by atoms with Crippen LogP contribution in [-0.2, 0) is 4.79 Å². The molecule has 3 N–H and O–H groups in total. The van der Waals surface area contributed by atoms with Crippen LogP contribution in [0.4, 0.5) is 5.69 Å². The number of anilines is 1. The molecule has 0 saturated heterocycles. The molecule has 0 aliphatic heterocycles. The van der Waals surface area contributed by atoms with E-state index in [-0.39, 0.29) is 5.91 Å². The zero-order chi connectivity index (χ0) is 14.5. The van der Waals surface area contributed by atoms with Crippen LogP contribution in [-0.4, -0.2) is 11.4 Å². The number of nitrogens with two attached hydrogens (primary N) is 1. The van der Waals surface area contributed by atoms with Crippen LogP contribution in [0, 0.1) is 0 Å². The summed E-state index contributed by atoms with van der Waals surface area (Å²) < 4.78 is 0.791. The molecular weight excluding hydrogens is 328 g/mol.